The average Bonchev–Trinajstić information content (AvgIpc) is 3.19. The van der Waals surface area contributed by atoms with E-state index in [1.54, 1.807) is 17.5 Å². The molecule has 1 heterocycles. The number of Topliss-reactive ketones (excluding diaryl/α,β-unsaturated/α-hetero) is 1. The minimum Gasteiger partial charge on any atom is -0.454 e. The number of thiophene rings is 1. The predicted molar refractivity (Wildman–Crippen MR) is 100 cm³/mol. The third kappa shape index (κ3) is 7.02. The van der Waals surface area contributed by atoms with E-state index in [0.29, 0.717) is 11.3 Å². The summed E-state index contributed by atoms with van der Waals surface area (Å²) < 4.78 is 4.83. The van der Waals surface area contributed by atoms with E-state index in [4.69, 9.17) is 4.74 Å². The second-order valence-corrected chi connectivity index (χ2v) is 6.69. The average molecular weight is 388 g/mol. The molecule has 0 radical (unpaired) electrons. The van der Waals surface area contributed by atoms with Gasteiger partial charge >= 0.3 is 5.97 Å². The number of esters is 1. The Hall–Kier alpha value is -3.00. The number of ether oxygens (including phenoxy) is 1. The second kappa shape index (κ2) is 10.2. The van der Waals surface area contributed by atoms with Crippen molar-refractivity contribution in [2.45, 2.75) is 19.4 Å². The topological polar surface area (TPSA) is 102 Å². The highest BCUT2D eigenvalue weighted by Gasteiger charge is 2.18. The fourth-order valence-corrected chi connectivity index (χ4v) is 2.87. The molecule has 1 aromatic carbocycles. The molecular weight excluding hydrogens is 368 g/mol. The van der Waals surface area contributed by atoms with Crippen molar-refractivity contribution in [2.75, 3.05) is 13.2 Å². The maximum atomic E-state index is 12.0. The first-order valence-electron chi connectivity index (χ1n) is 8.26. The summed E-state index contributed by atoms with van der Waals surface area (Å²) in [7, 11) is 0. The Labute approximate surface area is 160 Å². The highest BCUT2D eigenvalue weighted by molar-refractivity contribution is 7.12. The molecular formula is C19H20N2O5S. The van der Waals surface area contributed by atoms with Crippen molar-refractivity contribution in [3.05, 3.63) is 58.3 Å². The van der Waals surface area contributed by atoms with Crippen LogP contribution in [0.1, 0.15) is 22.2 Å². The zero-order valence-electron chi connectivity index (χ0n) is 14.8. The quantitative estimate of drug-likeness (QED) is 0.631. The van der Waals surface area contributed by atoms with Crippen LogP contribution in [-0.4, -0.2) is 42.8 Å². The standard InChI is InChI=1S/C19H20N2O5S/c1-13(22)15(10-14-6-3-2-4-7-14)21-17(23)12-26-18(24)11-20-19(25)16-8-5-9-27-16/h2-9,15H,10-12H2,1H3,(H,20,25)(H,21,23)/t15-/m0/s1. The lowest BCUT2D eigenvalue weighted by Crippen LogP contribution is -2.43. The smallest absolute Gasteiger partial charge is 0.325 e. The van der Waals surface area contributed by atoms with Gasteiger partial charge in [0, 0.05) is 0 Å². The maximum Gasteiger partial charge on any atom is 0.325 e. The van der Waals surface area contributed by atoms with Crippen LogP contribution in [0.3, 0.4) is 0 Å². The van der Waals surface area contributed by atoms with E-state index in [-0.39, 0.29) is 18.2 Å². The van der Waals surface area contributed by atoms with Crippen LogP contribution in [0, 0.1) is 0 Å². The molecule has 0 aliphatic heterocycles. The van der Waals surface area contributed by atoms with Crippen LogP contribution in [0.5, 0.6) is 0 Å². The van der Waals surface area contributed by atoms with Crippen LogP contribution in [0.2, 0.25) is 0 Å². The molecule has 0 aliphatic carbocycles. The lowest BCUT2D eigenvalue weighted by Gasteiger charge is -2.16. The molecule has 0 spiro atoms. The molecule has 142 valence electrons. The first-order chi connectivity index (χ1) is 13.0. The van der Waals surface area contributed by atoms with E-state index < -0.39 is 24.5 Å². The number of hydrogen-bond acceptors (Lipinski definition) is 6. The molecule has 0 saturated carbocycles. The van der Waals surface area contributed by atoms with Crippen LogP contribution >= 0.6 is 11.3 Å². The first-order valence-corrected chi connectivity index (χ1v) is 9.14. The van der Waals surface area contributed by atoms with E-state index in [1.807, 2.05) is 30.3 Å². The summed E-state index contributed by atoms with van der Waals surface area (Å²) in [6, 6.07) is 11.9. The Morgan fingerprint density at radius 2 is 1.81 bits per heavy atom. The lowest BCUT2D eigenvalue weighted by atomic mass is 10.0. The van der Waals surface area contributed by atoms with Crippen molar-refractivity contribution in [1.29, 1.82) is 0 Å². The molecule has 2 N–H and O–H groups in total. The minimum atomic E-state index is -0.738. The fraction of sp³-hybridized carbons (Fsp3) is 0.263. The zero-order valence-corrected chi connectivity index (χ0v) is 15.6. The Balaban J connectivity index is 1.74. The Kier molecular flexibility index (Phi) is 7.69. The monoisotopic (exact) mass is 388 g/mol. The molecule has 27 heavy (non-hydrogen) atoms. The summed E-state index contributed by atoms with van der Waals surface area (Å²) in [5, 5.41) is 6.72. The molecule has 0 fully saturated rings. The summed E-state index contributed by atoms with van der Waals surface area (Å²) in [4.78, 5) is 47.5. The third-order valence-corrected chi connectivity index (χ3v) is 4.48. The normalized spacial score (nSPS) is 11.3. The number of benzene rings is 1. The van der Waals surface area contributed by atoms with E-state index >= 15 is 0 Å². The molecule has 1 aromatic heterocycles. The fourth-order valence-electron chi connectivity index (χ4n) is 2.23. The Morgan fingerprint density at radius 1 is 1.07 bits per heavy atom. The molecule has 0 aliphatic rings. The Bertz CT molecular complexity index is 790. The van der Waals surface area contributed by atoms with Crippen molar-refractivity contribution in [3.8, 4) is 0 Å². The van der Waals surface area contributed by atoms with Crippen LogP contribution < -0.4 is 10.6 Å². The molecule has 1 atom stereocenters. The summed E-state index contributed by atoms with van der Waals surface area (Å²) >= 11 is 1.25. The van der Waals surface area contributed by atoms with Crippen molar-refractivity contribution >= 4 is 34.9 Å². The van der Waals surface area contributed by atoms with Crippen LogP contribution in [0.4, 0.5) is 0 Å². The van der Waals surface area contributed by atoms with Gasteiger partial charge in [-0.05, 0) is 30.4 Å². The number of carbonyl (C=O) groups is 4. The SMILES string of the molecule is CC(=O)[C@H](Cc1ccccc1)NC(=O)COC(=O)CNC(=O)c1cccs1. The number of rotatable bonds is 9. The first kappa shape index (κ1) is 20.3. The molecule has 0 bridgehead atoms. The van der Waals surface area contributed by atoms with Crippen LogP contribution in [0.25, 0.3) is 0 Å². The van der Waals surface area contributed by atoms with Crippen molar-refractivity contribution < 1.29 is 23.9 Å². The molecule has 7 nitrogen and oxygen atoms in total. The van der Waals surface area contributed by atoms with Gasteiger partial charge in [0.05, 0.1) is 10.9 Å². The van der Waals surface area contributed by atoms with Crippen LogP contribution in [-0.2, 0) is 25.5 Å². The van der Waals surface area contributed by atoms with Gasteiger partial charge in [-0.3, -0.25) is 19.2 Å². The second-order valence-electron chi connectivity index (χ2n) is 5.74. The maximum absolute atomic E-state index is 12.0. The van der Waals surface area contributed by atoms with E-state index in [0.717, 1.165) is 5.56 Å². The minimum absolute atomic E-state index is 0.193. The summed E-state index contributed by atoms with van der Waals surface area (Å²) in [5.74, 6) is -1.89. The summed E-state index contributed by atoms with van der Waals surface area (Å²) in [6.07, 6.45) is 0.354. The van der Waals surface area contributed by atoms with Gasteiger partial charge in [-0.2, -0.15) is 0 Å². The van der Waals surface area contributed by atoms with Gasteiger partial charge in [0.15, 0.2) is 12.4 Å². The van der Waals surface area contributed by atoms with Gasteiger partial charge in [0.25, 0.3) is 11.8 Å². The van der Waals surface area contributed by atoms with Gasteiger partial charge < -0.3 is 15.4 Å². The van der Waals surface area contributed by atoms with Gasteiger partial charge in [0.1, 0.15) is 6.54 Å². The molecule has 0 unspecified atom stereocenters. The van der Waals surface area contributed by atoms with Gasteiger partial charge in [0.2, 0.25) is 0 Å². The molecule has 0 saturated heterocycles. The third-order valence-electron chi connectivity index (χ3n) is 3.61. The zero-order chi connectivity index (χ0) is 19.6. The number of carbonyl (C=O) groups excluding carboxylic acids is 4. The van der Waals surface area contributed by atoms with E-state index in [1.165, 1.54) is 18.3 Å². The molecule has 2 rings (SSSR count). The molecule has 2 aromatic rings. The van der Waals surface area contributed by atoms with Crippen molar-refractivity contribution in [1.82, 2.24) is 10.6 Å². The largest absolute Gasteiger partial charge is 0.454 e. The van der Waals surface area contributed by atoms with Gasteiger partial charge in [-0.15, -0.1) is 11.3 Å². The predicted octanol–water partition coefficient (Wildman–Crippen LogP) is 1.34. The summed E-state index contributed by atoms with van der Waals surface area (Å²) in [5.41, 5.74) is 0.909. The lowest BCUT2D eigenvalue weighted by molar-refractivity contribution is -0.147. The highest BCUT2D eigenvalue weighted by atomic mass is 32.1. The van der Waals surface area contributed by atoms with E-state index in [2.05, 4.69) is 10.6 Å². The number of amides is 2. The molecule has 8 heteroatoms. The summed E-state index contributed by atoms with van der Waals surface area (Å²) in [6.45, 7) is 0.524. The van der Waals surface area contributed by atoms with Crippen molar-refractivity contribution in [3.63, 3.8) is 0 Å². The molecule has 2 amide bonds. The van der Waals surface area contributed by atoms with E-state index in [9.17, 15) is 19.2 Å². The number of hydrogen-bond donors (Lipinski definition) is 2. The van der Waals surface area contributed by atoms with Gasteiger partial charge in [-0.1, -0.05) is 36.4 Å². The highest BCUT2D eigenvalue weighted by Crippen LogP contribution is 2.07. The van der Waals surface area contributed by atoms with Gasteiger partial charge in [-0.25, -0.2) is 0 Å². The Morgan fingerprint density at radius 3 is 2.44 bits per heavy atom. The number of nitrogens with one attached hydrogen (secondary N) is 2. The van der Waals surface area contributed by atoms with Crippen molar-refractivity contribution in [2.24, 2.45) is 0 Å². The number of ketones is 1. The van der Waals surface area contributed by atoms with Crippen LogP contribution in [0.15, 0.2) is 47.8 Å².